The van der Waals surface area contributed by atoms with Gasteiger partial charge in [-0.1, -0.05) is 13.8 Å². The first kappa shape index (κ1) is 19.2. The van der Waals surface area contributed by atoms with Gasteiger partial charge in [-0.15, -0.1) is 0 Å². The molecule has 1 heterocycles. The Morgan fingerprint density at radius 1 is 1.38 bits per heavy atom. The predicted molar refractivity (Wildman–Crippen MR) is 92.0 cm³/mol. The van der Waals surface area contributed by atoms with E-state index in [4.69, 9.17) is 0 Å². The second-order valence-corrected chi connectivity index (χ2v) is 8.37. The molecular weight excluding hydrogens is 306 g/mol. The van der Waals surface area contributed by atoms with Crippen molar-refractivity contribution in [3.8, 4) is 0 Å². The minimum atomic E-state index is -3.34. The Morgan fingerprint density at radius 2 is 2.14 bits per heavy atom. The Labute approximate surface area is 134 Å². The fourth-order valence-electron chi connectivity index (χ4n) is 2.62. The normalized spacial score (nSPS) is 22.3. The number of thioether (sulfide) groups is 1. The highest BCUT2D eigenvalue weighted by Crippen LogP contribution is 2.18. The number of piperidine rings is 1. The molecule has 2 unspecified atom stereocenters. The van der Waals surface area contributed by atoms with E-state index in [9.17, 15) is 8.42 Å². The van der Waals surface area contributed by atoms with Crippen LogP contribution in [0.1, 0.15) is 39.5 Å². The highest BCUT2D eigenvalue weighted by molar-refractivity contribution is 7.98. The fraction of sp³-hybridized carbons (Fsp3) is 1.00. The van der Waals surface area contributed by atoms with Crippen molar-refractivity contribution in [1.29, 1.82) is 0 Å². The minimum absolute atomic E-state index is 0.0311. The molecule has 21 heavy (non-hydrogen) atoms. The maximum atomic E-state index is 12.5. The summed E-state index contributed by atoms with van der Waals surface area (Å²) >= 11 is 1.68. The molecule has 0 bridgehead atoms. The largest absolute Gasteiger partial charge is 0.316 e. The fourth-order valence-corrected chi connectivity index (χ4v) is 5.04. The molecule has 0 aromatic carbocycles. The van der Waals surface area contributed by atoms with Gasteiger partial charge in [0.15, 0.2) is 0 Å². The molecule has 0 aliphatic carbocycles. The maximum absolute atomic E-state index is 12.5. The second kappa shape index (κ2) is 10.0. The van der Waals surface area contributed by atoms with Crippen LogP contribution >= 0.6 is 11.8 Å². The molecule has 0 saturated carbocycles. The number of rotatable bonds is 10. The molecule has 1 saturated heterocycles. The van der Waals surface area contributed by atoms with Crippen molar-refractivity contribution in [2.24, 2.45) is 5.92 Å². The Hall–Kier alpha value is 0.180. The van der Waals surface area contributed by atoms with Crippen molar-refractivity contribution >= 4 is 22.0 Å². The number of hydrogen-bond donors (Lipinski definition) is 2. The summed E-state index contributed by atoms with van der Waals surface area (Å²) in [6.45, 7) is 7.38. The van der Waals surface area contributed by atoms with Crippen molar-refractivity contribution in [2.75, 3.05) is 38.2 Å². The zero-order chi connectivity index (χ0) is 15.7. The average molecular weight is 338 g/mol. The Morgan fingerprint density at radius 3 is 2.76 bits per heavy atom. The summed E-state index contributed by atoms with van der Waals surface area (Å²) in [4.78, 5) is 0. The highest BCUT2D eigenvalue weighted by atomic mass is 32.2. The third kappa shape index (κ3) is 6.86. The molecule has 2 N–H and O–H groups in total. The van der Waals surface area contributed by atoms with Gasteiger partial charge in [0.25, 0.3) is 10.2 Å². The summed E-state index contributed by atoms with van der Waals surface area (Å²) in [5, 5.41) is 3.40. The van der Waals surface area contributed by atoms with Gasteiger partial charge in [-0.25, -0.2) is 0 Å². The topological polar surface area (TPSA) is 61.4 Å². The first-order valence-corrected chi connectivity index (χ1v) is 10.8. The quantitative estimate of drug-likeness (QED) is 0.595. The van der Waals surface area contributed by atoms with Crippen LogP contribution in [0.5, 0.6) is 0 Å². The molecule has 7 heteroatoms. The zero-order valence-corrected chi connectivity index (χ0v) is 15.2. The Kier molecular flexibility index (Phi) is 9.20. The van der Waals surface area contributed by atoms with Crippen molar-refractivity contribution in [2.45, 2.75) is 45.6 Å². The molecule has 2 atom stereocenters. The van der Waals surface area contributed by atoms with E-state index >= 15 is 0 Å². The molecule has 0 aromatic heterocycles. The molecular formula is C14H31N3O2S2. The van der Waals surface area contributed by atoms with Crippen LogP contribution in [0, 0.1) is 5.92 Å². The lowest BCUT2D eigenvalue weighted by Crippen LogP contribution is -2.50. The lowest BCUT2D eigenvalue weighted by molar-refractivity contribution is 0.257. The molecule has 0 aromatic rings. The lowest BCUT2D eigenvalue weighted by atomic mass is 10.00. The van der Waals surface area contributed by atoms with Gasteiger partial charge in [-0.3, -0.25) is 0 Å². The van der Waals surface area contributed by atoms with Gasteiger partial charge in [0.05, 0.1) is 0 Å². The van der Waals surface area contributed by atoms with Crippen LogP contribution in [0.4, 0.5) is 0 Å². The molecule has 1 fully saturated rings. The molecule has 0 amide bonds. The van der Waals surface area contributed by atoms with Gasteiger partial charge >= 0.3 is 0 Å². The standard InChI is InChI=1S/C14H31N3O2S2/c1-4-8-15-10-13-7-6-9-17(11-13)21(18,19)16-14(5-2)12-20-3/h13-16H,4-12H2,1-3H3. The molecule has 0 radical (unpaired) electrons. The monoisotopic (exact) mass is 337 g/mol. The Balaban J connectivity index is 2.53. The van der Waals surface area contributed by atoms with E-state index in [1.807, 2.05) is 13.2 Å². The van der Waals surface area contributed by atoms with E-state index in [2.05, 4.69) is 17.0 Å². The van der Waals surface area contributed by atoms with E-state index in [0.717, 1.165) is 44.5 Å². The van der Waals surface area contributed by atoms with Gasteiger partial charge in [0.1, 0.15) is 0 Å². The molecule has 0 spiro atoms. The maximum Gasteiger partial charge on any atom is 0.279 e. The van der Waals surface area contributed by atoms with Crippen LogP contribution < -0.4 is 10.0 Å². The van der Waals surface area contributed by atoms with Crippen molar-refractivity contribution in [3.05, 3.63) is 0 Å². The summed E-state index contributed by atoms with van der Waals surface area (Å²) in [7, 11) is -3.34. The van der Waals surface area contributed by atoms with Gasteiger partial charge in [0, 0.05) is 24.9 Å². The summed E-state index contributed by atoms with van der Waals surface area (Å²) in [5.74, 6) is 1.26. The van der Waals surface area contributed by atoms with Crippen molar-refractivity contribution in [3.63, 3.8) is 0 Å². The van der Waals surface area contributed by atoms with Crippen LogP contribution in [-0.2, 0) is 10.2 Å². The van der Waals surface area contributed by atoms with Crippen LogP contribution in [-0.4, -0.2) is 57.0 Å². The summed E-state index contributed by atoms with van der Waals surface area (Å²) in [6, 6.07) is 0.0311. The van der Waals surface area contributed by atoms with E-state index < -0.39 is 10.2 Å². The zero-order valence-electron chi connectivity index (χ0n) is 13.6. The van der Waals surface area contributed by atoms with Gasteiger partial charge < -0.3 is 5.32 Å². The van der Waals surface area contributed by atoms with Gasteiger partial charge in [0.2, 0.25) is 0 Å². The molecule has 126 valence electrons. The third-order valence-corrected chi connectivity index (χ3v) is 6.24. The van der Waals surface area contributed by atoms with Crippen molar-refractivity contribution in [1.82, 2.24) is 14.3 Å². The summed E-state index contributed by atoms with van der Waals surface area (Å²) < 4.78 is 29.5. The van der Waals surface area contributed by atoms with Crippen LogP contribution in [0.2, 0.25) is 0 Å². The van der Waals surface area contributed by atoms with Gasteiger partial charge in [-0.2, -0.15) is 29.2 Å². The van der Waals surface area contributed by atoms with Crippen molar-refractivity contribution < 1.29 is 8.42 Å². The van der Waals surface area contributed by atoms with Crippen LogP contribution in [0.25, 0.3) is 0 Å². The lowest BCUT2D eigenvalue weighted by Gasteiger charge is -2.33. The van der Waals surface area contributed by atoms with E-state index in [1.54, 1.807) is 16.1 Å². The Bertz CT molecular complexity index is 376. The van der Waals surface area contributed by atoms with E-state index in [1.165, 1.54) is 0 Å². The first-order valence-electron chi connectivity index (χ1n) is 8.00. The summed E-state index contributed by atoms with van der Waals surface area (Å²) in [6.07, 6.45) is 6.02. The molecule has 5 nitrogen and oxygen atoms in total. The predicted octanol–water partition coefficient (Wildman–Crippen LogP) is 1.67. The second-order valence-electron chi connectivity index (χ2n) is 5.75. The molecule has 1 aliphatic rings. The highest BCUT2D eigenvalue weighted by Gasteiger charge is 2.29. The van der Waals surface area contributed by atoms with E-state index in [-0.39, 0.29) is 6.04 Å². The molecule has 1 aliphatic heterocycles. The first-order chi connectivity index (χ1) is 10.0. The SMILES string of the molecule is CCCNCC1CCCN(S(=O)(=O)NC(CC)CSC)C1. The summed E-state index contributed by atoms with van der Waals surface area (Å²) in [5.41, 5.74) is 0. The van der Waals surface area contributed by atoms with Crippen LogP contribution in [0.15, 0.2) is 0 Å². The van der Waals surface area contributed by atoms with Gasteiger partial charge in [-0.05, 0) is 50.9 Å². The number of nitrogens with zero attached hydrogens (tertiary/aromatic N) is 1. The third-order valence-electron chi connectivity index (χ3n) is 3.86. The number of hydrogen-bond acceptors (Lipinski definition) is 4. The average Bonchev–Trinajstić information content (AvgIpc) is 2.47. The smallest absolute Gasteiger partial charge is 0.279 e. The minimum Gasteiger partial charge on any atom is -0.316 e. The van der Waals surface area contributed by atoms with E-state index in [0.29, 0.717) is 19.0 Å². The number of nitrogens with one attached hydrogen (secondary N) is 2. The molecule has 1 rings (SSSR count). The van der Waals surface area contributed by atoms with Crippen LogP contribution in [0.3, 0.4) is 0 Å².